The molecule has 0 amide bonds. The van der Waals surface area contributed by atoms with Gasteiger partial charge in [0.1, 0.15) is 29.4 Å². The molecule has 2 heterocycles. The van der Waals surface area contributed by atoms with Crippen molar-refractivity contribution >= 4 is 8.45 Å². The average molecular weight is 775 g/mol. The molecule has 11 nitrogen and oxygen atoms in total. The third kappa shape index (κ3) is 9.25. The molecule has 0 spiro atoms. The summed E-state index contributed by atoms with van der Waals surface area (Å²) in [7, 11) is 1.99. The summed E-state index contributed by atoms with van der Waals surface area (Å²) in [5.41, 5.74) is 1.08. The zero-order chi connectivity index (χ0) is 40.0. The van der Waals surface area contributed by atoms with Gasteiger partial charge in [0.25, 0.3) is 5.56 Å². The van der Waals surface area contributed by atoms with Crippen LogP contribution < -0.4 is 20.7 Å². The number of aryl methyl sites for hydroxylation is 1. The summed E-state index contributed by atoms with van der Waals surface area (Å²) in [6.07, 6.45) is 0.160. The molecule has 3 aromatic carbocycles. The fourth-order valence-corrected chi connectivity index (χ4v) is 10.0. The summed E-state index contributed by atoms with van der Waals surface area (Å²) in [5, 5.41) is 0. The summed E-state index contributed by atoms with van der Waals surface area (Å²) in [5.74, 6) is 1.45. The molecule has 0 aliphatic carbocycles. The summed E-state index contributed by atoms with van der Waals surface area (Å²) in [4.78, 5) is 28.1. The molecule has 1 aromatic heterocycles. The number of hydrogen-bond donors (Lipinski definition) is 1. The van der Waals surface area contributed by atoms with Gasteiger partial charge in [-0.25, -0.2) is 14.1 Å². The molecule has 0 radical (unpaired) electrons. The molecular weight excluding hydrogens is 715 g/mol. The predicted molar refractivity (Wildman–Crippen MR) is 219 cm³/mol. The van der Waals surface area contributed by atoms with Crippen LogP contribution in [0.25, 0.3) is 0 Å². The number of aromatic nitrogens is 2. The smallest absolute Gasteiger partial charge is 0.330 e. The Hall–Kier alpha value is -3.83. The van der Waals surface area contributed by atoms with E-state index < -0.39 is 43.7 Å². The Labute approximate surface area is 327 Å². The highest BCUT2D eigenvalue weighted by atomic mass is 31.2. The molecule has 298 valence electrons. The third-order valence-corrected chi connectivity index (χ3v) is 13.1. The lowest BCUT2D eigenvalue weighted by Crippen LogP contribution is -2.45. The largest absolute Gasteiger partial charge is 0.497 e. The predicted octanol–water partition coefficient (Wildman–Crippen LogP) is 8.01. The van der Waals surface area contributed by atoms with E-state index in [2.05, 4.69) is 81.8 Å². The lowest BCUT2D eigenvalue weighted by Gasteiger charge is -2.47. The molecule has 3 atom stereocenters. The van der Waals surface area contributed by atoms with E-state index in [1.807, 2.05) is 66.7 Å². The Morgan fingerprint density at radius 1 is 0.764 bits per heavy atom. The van der Waals surface area contributed by atoms with E-state index in [1.165, 1.54) is 4.57 Å². The maximum atomic E-state index is 13.3. The quantitative estimate of drug-likeness (QED) is 0.0844. The number of methoxy groups -OCH3 is 2. The Morgan fingerprint density at radius 3 is 1.69 bits per heavy atom. The second-order valence-corrected chi connectivity index (χ2v) is 16.8. The van der Waals surface area contributed by atoms with Gasteiger partial charge in [-0.3, -0.25) is 14.3 Å². The molecule has 1 N–H and O–H groups in total. The molecule has 1 aliphatic rings. The van der Waals surface area contributed by atoms with Crippen molar-refractivity contribution in [2.24, 2.45) is 0 Å². The van der Waals surface area contributed by atoms with Crippen molar-refractivity contribution in [3.8, 4) is 11.5 Å². The van der Waals surface area contributed by atoms with Gasteiger partial charge in [0.15, 0.2) is 8.45 Å². The lowest BCUT2D eigenvalue weighted by atomic mass is 9.80. The van der Waals surface area contributed by atoms with E-state index in [0.29, 0.717) is 12.0 Å². The highest BCUT2D eigenvalue weighted by molar-refractivity contribution is 7.47. The molecule has 55 heavy (non-hydrogen) atoms. The van der Waals surface area contributed by atoms with Gasteiger partial charge in [-0.1, -0.05) is 54.6 Å². The van der Waals surface area contributed by atoms with E-state index in [4.69, 9.17) is 23.5 Å². The number of aromatic amines is 1. The van der Waals surface area contributed by atoms with Crippen LogP contribution in [-0.4, -0.2) is 76.1 Å². The molecule has 0 saturated carbocycles. The molecule has 0 unspecified atom stereocenters. The van der Waals surface area contributed by atoms with Gasteiger partial charge >= 0.3 is 5.69 Å². The second-order valence-electron chi connectivity index (χ2n) is 15.2. The van der Waals surface area contributed by atoms with Crippen LogP contribution in [0.2, 0.25) is 0 Å². The molecule has 1 aliphatic heterocycles. The average Bonchev–Trinajstić information content (AvgIpc) is 3.55. The number of H-pyrrole nitrogens is 1. The topological polar surface area (TPSA) is 107 Å². The Morgan fingerprint density at radius 2 is 1.24 bits per heavy atom. The van der Waals surface area contributed by atoms with Gasteiger partial charge in [-0.05, 0) is 103 Å². The lowest BCUT2D eigenvalue weighted by molar-refractivity contribution is -0.0922. The molecular formula is C43H59N4O7P. The van der Waals surface area contributed by atoms with Gasteiger partial charge in [-0.2, -0.15) is 0 Å². The molecule has 5 rings (SSSR count). The summed E-state index contributed by atoms with van der Waals surface area (Å²) in [6, 6.07) is 26.7. The Bertz CT molecular complexity index is 1850. The van der Waals surface area contributed by atoms with Crippen LogP contribution in [0.3, 0.4) is 0 Å². The highest BCUT2D eigenvalue weighted by Crippen LogP contribution is 2.54. The summed E-state index contributed by atoms with van der Waals surface area (Å²) in [6.45, 7) is 19.4. The fourth-order valence-electron chi connectivity index (χ4n) is 7.55. The van der Waals surface area contributed by atoms with E-state index in [0.717, 1.165) is 28.2 Å². The Balaban J connectivity index is 1.65. The zero-order valence-electron chi connectivity index (χ0n) is 34.2. The van der Waals surface area contributed by atoms with Gasteiger partial charge < -0.3 is 23.5 Å². The normalized spacial score (nSPS) is 17.8. The van der Waals surface area contributed by atoms with E-state index in [9.17, 15) is 9.59 Å². The van der Waals surface area contributed by atoms with Crippen molar-refractivity contribution in [2.75, 3.05) is 20.8 Å². The van der Waals surface area contributed by atoms with Crippen LogP contribution in [0.15, 0.2) is 94.6 Å². The standard InChI is InChI=1S/C43H59N4O7P/c1-28(2)46(29(3)4)55(47(30(5)6)31(7)8)54-38-25-40(45-26-32(9)41(48)44-42(45)49)53-39(38)27-52-43(33-15-13-12-14-16-33,34-17-21-36(50-10)22-18-34)35-19-23-37(51-11)24-20-35/h12-24,26,28-31,38-40H,25,27H2,1-11H3,(H,44,48,49)/t38-,39-,40-/m1/s1. The van der Waals surface area contributed by atoms with Gasteiger partial charge in [-0.15, -0.1) is 0 Å². The van der Waals surface area contributed by atoms with Gasteiger partial charge in [0, 0.05) is 42.3 Å². The van der Waals surface area contributed by atoms with Gasteiger partial charge in [0.05, 0.1) is 26.9 Å². The van der Waals surface area contributed by atoms with Crippen LogP contribution in [0.1, 0.15) is 90.3 Å². The van der Waals surface area contributed by atoms with E-state index in [1.54, 1.807) is 27.3 Å². The maximum absolute atomic E-state index is 13.3. The van der Waals surface area contributed by atoms with Crippen LogP contribution >= 0.6 is 8.45 Å². The first-order chi connectivity index (χ1) is 26.2. The molecule has 0 bridgehead atoms. The number of ether oxygens (including phenoxy) is 4. The van der Waals surface area contributed by atoms with Crippen LogP contribution in [0.5, 0.6) is 11.5 Å². The van der Waals surface area contributed by atoms with Crippen molar-refractivity contribution in [1.82, 2.24) is 18.9 Å². The van der Waals surface area contributed by atoms with Crippen molar-refractivity contribution < 1.29 is 23.5 Å². The van der Waals surface area contributed by atoms with Crippen LogP contribution in [0, 0.1) is 6.92 Å². The summed E-state index contributed by atoms with van der Waals surface area (Å²) >= 11 is 0. The molecule has 4 aromatic rings. The number of rotatable bonds is 17. The van der Waals surface area contributed by atoms with Crippen LogP contribution in [0.4, 0.5) is 0 Å². The minimum absolute atomic E-state index is 0.112. The molecule has 12 heteroatoms. The highest BCUT2D eigenvalue weighted by Gasteiger charge is 2.46. The van der Waals surface area contributed by atoms with Crippen molar-refractivity contribution in [3.63, 3.8) is 0 Å². The van der Waals surface area contributed by atoms with Crippen molar-refractivity contribution in [2.45, 2.75) is 117 Å². The number of nitrogens with zero attached hydrogens (tertiary/aromatic N) is 3. The second kappa shape index (κ2) is 18.4. The minimum Gasteiger partial charge on any atom is -0.497 e. The van der Waals surface area contributed by atoms with Crippen LogP contribution in [-0.2, 0) is 19.6 Å². The SMILES string of the molecule is COc1ccc(C(OC[C@H]2O[C@@H](n3cc(C)c(=O)[nH]c3=O)C[C@H]2OP(N(C(C)C)C(C)C)N(C(C)C)C(C)C)(c2ccccc2)c2ccc(OC)cc2)cc1. The molecule has 1 fully saturated rings. The zero-order valence-corrected chi connectivity index (χ0v) is 35.1. The monoisotopic (exact) mass is 774 g/mol. The minimum atomic E-state index is -1.31. The van der Waals surface area contributed by atoms with E-state index >= 15 is 0 Å². The van der Waals surface area contributed by atoms with Crippen molar-refractivity contribution in [1.29, 1.82) is 0 Å². The first kappa shape index (κ1) is 42.3. The fraction of sp³-hybridized carbons (Fsp3) is 0.488. The van der Waals surface area contributed by atoms with Gasteiger partial charge in [0.2, 0.25) is 0 Å². The number of nitrogens with one attached hydrogen (secondary N) is 1. The first-order valence-electron chi connectivity index (χ1n) is 19.2. The maximum Gasteiger partial charge on any atom is 0.330 e. The molecule has 1 saturated heterocycles. The number of benzene rings is 3. The van der Waals surface area contributed by atoms with E-state index in [-0.39, 0.29) is 30.8 Å². The first-order valence-corrected chi connectivity index (χ1v) is 20.4. The number of hydrogen-bond acceptors (Lipinski definition) is 9. The Kier molecular flexibility index (Phi) is 14.2. The third-order valence-electron chi connectivity index (χ3n) is 10.0. The van der Waals surface area contributed by atoms with Crippen molar-refractivity contribution in [3.05, 3.63) is 128 Å². The summed E-state index contributed by atoms with van der Waals surface area (Å²) < 4.78 is 39.0.